The minimum absolute atomic E-state index is 0.0552. The van der Waals surface area contributed by atoms with Crippen molar-refractivity contribution < 1.29 is 9.32 Å². The van der Waals surface area contributed by atoms with Crippen molar-refractivity contribution >= 4 is 16.8 Å². The van der Waals surface area contributed by atoms with Gasteiger partial charge in [0.1, 0.15) is 0 Å². The van der Waals surface area contributed by atoms with Gasteiger partial charge in [0.2, 0.25) is 17.6 Å². The molecule has 1 amide bonds. The van der Waals surface area contributed by atoms with Crippen LogP contribution >= 0.6 is 0 Å². The number of fused-ring (bicyclic) bond motifs is 1. The van der Waals surface area contributed by atoms with Gasteiger partial charge in [-0.25, -0.2) is 0 Å². The van der Waals surface area contributed by atoms with Crippen LogP contribution in [0.1, 0.15) is 47.0 Å². The second kappa shape index (κ2) is 8.22. The fourth-order valence-electron chi connectivity index (χ4n) is 4.60. The number of pyridine rings is 1. The number of aromatic nitrogens is 4. The van der Waals surface area contributed by atoms with Crippen molar-refractivity contribution in [2.45, 2.75) is 46.0 Å². The number of carbonyl (C=O) groups excluding carboxylic acids is 1. The summed E-state index contributed by atoms with van der Waals surface area (Å²) in [5.74, 6) is 1.33. The van der Waals surface area contributed by atoms with Crippen LogP contribution in [0, 0.1) is 20.8 Å². The maximum absolute atomic E-state index is 13.3. The van der Waals surface area contributed by atoms with Gasteiger partial charge < -0.3 is 14.4 Å². The van der Waals surface area contributed by atoms with Gasteiger partial charge in [0.25, 0.3) is 0 Å². The average Bonchev–Trinajstić information content (AvgIpc) is 3.43. The minimum atomic E-state index is 0.0552. The van der Waals surface area contributed by atoms with Gasteiger partial charge in [0.15, 0.2) is 0 Å². The van der Waals surface area contributed by atoms with E-state index in [0.29, 0.717) is 24.7 Å². The lowest BCUT2D eigenvalue weighted by molar-refractivity contribution is -0.131. The molecule has 0 saturated carbocycles. The van der Waals surface area contributed by atoms with Gasteiger partial charge in [-0.05, 0) is 62.4 Å². The Morgan fingerprint density at radius 1 is 1.25 bits per heavy atom. The van der Waals surface area contributed by atoms with Crippen molar-refractivity contribution in [3.05, 3.63) is 64.9 Å². The Hall–Kier alpha value is -3.48. The van der Waals surface area contributed by atoms with Crippen LogP contribution < -0.4 is 0 Å². The first-order valence-corrected chi connectivity index (χ1v) is 11.1. The Morgan fingerprint density at radius 3 is 2.94 bits per heavy atom. The summed E-state index contributed by atoms with van der Waals surface area (Å²) in [6, 6.07) is 8.01. The number of carbonyl (C=O) groups is 1. The molecule has 164 valence electrons. The summed E-state index contributed by atoms with van der Waals surface area (Å²) >= 11 is 0. The Bertz CT molecular complexity index is 1270. The molecule has 1 aliphatic heterocycles. The number of aromatic amines is 1. The molecule has 4 aromatic rings. The molecule has 0 spiro atoms. The molecule has 1 N–H and O–H groups in total. The van der Waals surface area contributed by atoms with Gasteiger partial charge in [-0.15, -0.1) is 0 Å². The second-order valence-corrected chi connectivity index (χ2v) is 8.71. The van der Waals surface area contributed by atoms with Crippen molar-refractivity contribution in [3.63, 3.8) is 0 Å². The van der Waals surface area contributed by atoms with E-state index in [9.17, 15) is 4.79 Å². The third kappa shape index (κ3) is 3.68. The van der Waals surface area contributed by atoms with Gasteiger partial charge >= 0.3 is 0 Å². The number of benzene rings is 1. The lowest BCUT2D eigenvalue weighted by atomic mass is 9.96. The Kier molecular flexibility index (Phi) is 5.25. The van der Waals surface area contributed by atoms with Crippen LogP contribution in [0.2, 0.25) is 0 Å². The van der Waals surface area contributed by atoms with E-state index in [4.69, 9.17) is 4.52 Å². The predicted octanol–water partition coefficient (Wildman–Crippen LogP) is 4.49. The van der Waals surface area contributed by atoms with Gasteiger partial charge in [0.05, 0.1) is 12.3 Å². The molecular weight excluding hydrogens is 402 g/mol. The van der Waals surface area contributed by atoms with E-state index >= 15 is 0 Å². The smallest absolute Gasteiger partial charge is 0.231 e. The first-order chi connectivity index (χ1) is 15.5. The first-order valence-electron chi connectivity index (χ1n) is 11.1. The van der Waals surface area contributed by atoms with Crippen molar-refractivity contribution in [1.29, 1.82) is 0 Å². The minimum Gasteiger partial charge on any atom is -0.358 e. The molecule has 1 aromatic carbocycles. The number of nitrogens with zero attached hydrogens (tertiary/aromatic N) is 4. The van der Waals surface area contributed by atoms with Crippen LogP contribution in [0.25, 0.3) is 22.3 Å². The Morgan fingerprint density at radius 2 is 2.12 bits per heavy atom. The molecule has 7 heteroatoms. The van der Waals surface area contributed by atoms with Crippen molar-refractivity contribution in [3.8, 4) is 11.4 Å². The van der Waals surface area contributed by atoms with Gasteiger partial charge in [-0.1, -0.05) is 17.3 Å². The zero-order valence-electron chi connectivity index (χ0n) is 18.7. The van der Waals surface area contributed by atoms with Crippen LogP contribution in [-0.2, 0) is 11.2 Å². The lowest BCUT2D eigenvalue weighted by Gasteiger charge is -2.31. The molecule has 1 fully saturated rings. The number of hydrogen-bond donors (Lipinski definition) is 1. The first kappa shape index (κ1) is 20.4. The fraction of sp³-hybridized carbons (Fsp3) is 0.360. The van der Waals surface area contributed by atoms with Crippen molar-refractivity contribution in [2.75, 3.05) is 13.1 Å². The molecule has 0 aliphatic carbocycles. The highest BCUT2D eigenvalue weighted by molar-refractivity contribution is 5.92. The molecule has 32 heavy (non-hydrogen) atoms. The average molecular weight is 430 g/mol. The second-order valence-electron chi connectivity index (χ2n) is 8.71. The molecule has 3 aromatic heterocycles. The number of amides is 1. The topological polar surface area (TPSA) is 87.9 Å². The zero-order chi connectivity index (χ0) is 22.2. The standard InChI is InChI=1S/C25H27N5O2/c1-15-8-9-20-21(17(3)27-23(20)16(15)2)12-22(31)30-11-5-7-19(14-30)25-28-24(29-32-25)18-6-4-10-26-13-18/h4,6,8-10,13,19,27H,5,7,11-12,14H2,1-3H3/t19-/m0/s1. The fourth-order valence-corrected chi connectivity index (χ4v) is 4.60. The van der Waals surface area contributed by atoms with E-state index in [0.717, 1.165) is 47.1 Å². The van der Waals surface area contributed by atoms with Gasteiger partial charge in [-0.3, -0.25) is 9.78 Å². The largest absolute Gasteiger partial charge is 0.358 e. The van der Waals surface area contributed by atoms with Crippen LogP contribution in [0.3, 0.4) is 0 Å². The Labute approximate surface area is 186 Å². The zero-order valence-corrected chi connectivity index (χ0v) is 18.7. The molecule has 1 saturated heterocycles. The SMILES string of the molecule is Cc1ccc2c(CC(=O)N3CCC[C@H](c4nc(-c5cccnc5)no4)C3)c(C)[nH]c2c1C. The molecule has 7 nitrogen and oxygen atoms in total. The van der Waals surface area contributed by atoms with Gasteiger partial charge in [0, 0.05) is 47.6 Å². The maximum atomic E-state index is 13.3. The maximum Gasteiger partial charge on any atom is 0.231 e. The molecule has 4 heterocycles. The van der Waals surface area contributed by atoms with Crippen molar-refractivity contribution in [1.82, 2.24) is 25.0 Å². The van der Waals surface area contributed by atoms with E-state index in [2.05, 4.69) is 53.0 Å². The summed E-state index contributed by atoms with van der Waals surface area (Å²) in [5.41, 5.74) is 6.60. The normalized spacial score (nSPS) is 16.6. The number of hydrogen-bond acceptors (Lipinski definition) is 5. The summed E-state index contributed by atoms with van der Waals surface area (Å²) < 4.78 is 5.56. The van der Waals surface area contributed by atoms with E-state index in [1.54, 1.807) is 12.4 Å². The molecule has 0 unspecified atom stereocenters. The third-order valence-electron chi connectivity index (χ3n) is 6.64. The molecule has 1 aliphatic rings. The molecule has 0 bridgehead atoms. The van der Waals surface area contributed by atoms with Crippen molar-refractivity contribution in [2.24, 2.45) is 0 Å². The molecular formula is C25H27N5O2. The highest BCUT2D eigenvalue weighted by atomic mass is 16.5. The monoisotopic (exact) mass is 429 g/mol. The van der Waals surface area contributed by atoms with Crippen LogP contribution in [-0.4, -0.2) is 44.0 Å². The highest BCUT2D eigenvalue weighted by Gasteiger charge is 2.29. The summed E-state index contributed by atoms with van der Waals surface area (Å²) in [4.78, 5) is 27.4. The van der Waals surface area contributed by atoms with E-state index < -0.39 is 0 Å². The van der Waals surface area contributed by atoms with Gasteiger partial charge in [-0.2, -0.15) is 4.98 Å². The molecule has 0 radical (unpaired) electrons. The number of piperidine rings is 1. The quantitative estimate of drug-likeness (QED) is 0.516. The summed E-state index contributed by atoms with van der Waals surface area (Å²) in [6.45, 7) is 7.65. The number of likely N-dealkylation sites (tertiary alicyclic amines) is 1. The predicted molar refractivity (Wildman–Crippen MR) is 122 cm³/mol. The highest BCUT2D eigenvalue weighted by Crippen LogP contribution is 2.30. The number of nitrogens with one attached hydrogen (secondary N) is 1. The lowest BCUT2D eigenvalue weighted by Crippen LogP contribution is -2.40. The van der Waals surface area contributed by atoms with Crippen LogP contribution in [0.4, 0.5) is 0 Å². The van der Waals surface area contributed by atoms with Crippen LogP contribution in [0.15, 0.2) is 41.2 Å². The molecule has 1 atom stereocenters. The summed E-state index contributed by atoms with van der Waals surface area (Å²) in [5, 5.41) is 5.26. The Balaban J connectivity index is 1.33. The van der Waals surface area contributed by atoms with E-state index in [-0.39, 0.29) is 11.8 Å². The van der Waals surface area contributed by atoms with E-state index in [1.807, 2.05) is 17.0 Å². The number of H-pyrrole nitrogens is 1. The number of aryl methyl sites for hydroxylation is 3. The summed E-state index contributed by atoms with van der Waals surface area (Å²) in [6.07, 6.45) is 5.69. The number of rotatable bonds is 4. The van der Waals surface area contributed by atoms with E-state index in [1.165, 1.54) is 11.1 Å². The summed E-state index contributed by atoms with van der Waals surface area (Å²) in [7, 11) is 0. The molecule has 5 rings (SSSR count). The van der Waals surface area contributed by atoms with Crippen LogP contribution in [0.5, 0.6) is 0 Å². The third-order valence-corrected chi connectivity index (χ3v) is 6.64.